The molecule has 0 aliphatic carbocycles. The molecule has 0 aliphatic heterocycles. The van der Waals surface area contributed by atoms with Crippen LogP contribution in [0.1, 0.15) is 0 Å². The Labute approximate surface area is 373 Å². The van der Waals surface area contributed by atoms with Gasteiger partial charge in [0.15, 0.2) is 0 Å². The Morgan fingerprint density at radius 3 is 0.906 bits per heavy atom. The van der Waals surface area contributed by atoms with Crippen molar-refractivity contribution in [3.63, 3.8) is 0 Å². The lowest BCUT2D eigenvalue weighted by atomic mass is 9.90. The maximum Gasteiger partial charge on any atom is 0.0468 e. The van der Waals surface area contributed by atoms with Gasteiger partial charge in [0.1, 0.15) is 0 Å². The number of para-hydroxylation sites is 2. The number of hydrogen-bond donors (Lipinski definition) is 0. The third-order valence-corrected chi connectivity index (χ3v) is 12.8. The summed E-state index contributed by atoms with van der Waals surface area (Å²) in [6.45, 7) is 0. The fraction of sp³-hybridized carbons (Fsp3) is 0. The second kappa shape index (κ2) is 15.8. The Bertz CT molecular complexity index is 3390. The highest BCUT2D eigenvalue weighted by atomic mass is 15.1. The highest BCUT2D eigenvalue weighted by molar-refractivity contribution is 6.26. The number of fused-ring (bicyclic) bond motifs is 8. The average Bonchev–Trinajstić information content (AvgIpc) is 3.37. The van der Waals surface area contributed by atoms with E-state index in [2.05, 4.69) is 265 Å². The molecular weight excluding hydrogens is 773 g/mol. The van der Waals surface area contributed by atoms with E-state index in [1.807, 2.05) is 0 Å². The normalized spacial score (nSPS) is 11.4. The fourth-order valence-corrected chi connectivity index (χ4v) is 9.60. The van der Waals surface area contributed by atoms with E-state index in [-0.39, 0.29) is 0 Å². The van der Waals surface area contributed by atoms with Gasteiger partial charge in [0.05, 0.1) is 0 Å². The third kappa shape index (κ3) is 6.70. The molecule has 0 bridgehead atoms. The summed E-state index contributed by atoms with van der Waals surface area (Å²) in [4.78, 5) is 4.68. The largest absolute Gasteiger partial charge is 0.310 e. The van der Waals surface area contributed by atoms with E-state index in [1.165, 1.54) is 76.1 Å². The van der Waals surface area contributed by atoms with Crippen LogP contribution in [0, 0.1) is 0 Å². The number of nitrogens with zero attached hydrogens (tertiary/aromatic N) is 2. The van der Waals surface area contributed by atoms with Crippen LogP contribution in [-0.2, 0) is 0 Å². The Hall–Kier alpha value is -8.46. The summed E-state index contributed by atoms with van der Waals surface area (Å²) in [5.74, 6) is 0. The fourth-order valence-electron chi connectivity index (χ4n) is 9.60. The molecule has 0 heterocycles. The van der Waals surface area contributed by atoms with Crippen molar-refractivity contribution in [1.29, 1.82) is 0 Å². The van der Waals surface area contributed by atoms with Crippen LogP contribution in [0.2, 0.25) is 0 Å². The molecule has 12 aromatic carbocycles. The van der Waals surface area contributed by atoms with Crippen molar-refractivity contribution < 1.29 is 0 Å². The second-order valence-corrected chi connectivity index (χ2v) is 16.6. The maximum atomic E-state index is 2.38. The zero-order chi connectivity index (χ0) is 42.4. The van der Waals surface area contributed by atoms with E-state index in [1.54, 1.807) is 0 Å². The summed E-state index contributed by atoms with van der Waals surface area (Å²) >= 11 is 0. The highest BCUT2D eigenvalue weighted by Gasteiger charge is 2.17. The van der Waals surface area contributed by atoms with Gasteiger partial charge in [0, 0.05) is 34.1 Å². The highest BCUT2D eigenvalue weighted by Crippen LogP contribution is 2.42. The van der Waals surface area contributed by atoms with E-state index in [4.69, 9.17) is 0 Å². The molecule has 64 heavy (non-hydrogen) atoms. The first kappa shape index (κ1) is 37.3. The van der Waals surface area contributed by atoms with Gasteiger partial charge in [-0.1, -0.05) is 170 Å². The Morgan fingerprint density at radius 2 is 0.484 bits per heavy atom. The smallest absolute Gasteiger partial charge is 0.0468 e. The molecule has 0 aromatic heterocycles. The molecule has 0 saturated heterocycles. The number of hydrogen-bond acceptors (Lipinski definition) is 2. The zero-order valence-electron chi connectivity index (χ0n) is 35.1. The molecule has 0 aliphatic rings. The first-order valence-corrected chi connectivity index (χ1v) is 22.0. The van der Waals surface area contributed by atoms with E-state index >= 15 is 0 Å². The molecule has 12 aromatic rings. The Balaban J connectivity index is 0.893. The monoisotopic (exact) mass is 814 g/mol. The van der Waals surface area contributed by atoms with Gasteiger partial charge >= 0.3 is 0 Å². The minimum Gasteiger partial charge on any atom is -0.310 e. The number of rotatable bonds is 8. The first-order chi connectivity index (χ1) is 31.7. The van der Waals surface area contributed by atoms with Crippen LogP contribution in [0.4, 0.5) is 34.1 Å². The average molecular weight is 815 g/mol. The van der Waals surface area contributed by atoms with Crippen molar-refractivity contribution in [1.82, 2.24) is 0 Å². The minimum atomic E-state index is 1.12. The minimum absolute atomic E-state index is 1.12. The van der Waals surface area contributed by atoms with Gasteiger partial charge in [-0.25, -0.2) is 0 Å². The van der Waals surface area contributed by atoms with Crippen molar-refractivity contribution in [2.75, 3.05) is 9.80 Å². The van der Waals surface area contributed by atoms with Crippen molar-refractivity contribution in [2.45, 2.75) is 0 Å². The SMILES string of the molecule is c1ccc(N(c2ccc(-c3ccc4c5ccc(-c6ccc(N(c7ccccc7)c7ccc8ccccc8c7)cc6)cc5c5ccccc5c4c3)cc2)c2ccc3ccccc3c2)cc1. The zero-order valence-corrected chi connectivity index (χ0v) is 35.1. The Kier molecular flexibility index (Phi) is 9.20. The molecule has 0 fully saturated rings. The molecule has 0 unspecified atom stereocenters. The van der Waals surface area contributed by atoms with Gasteiger partial charge in [0.2, 0.25) is 0 Å². The van der Waals surface area contributed by atoms with Crippen LogP contribution in [0.3, 0.4) is 0 Å². The number of anilines is 6. The lowest BCUT2D eigenvalue weighted by Crippen LogP contribution is -2.09. The lowest BCUT2D eigenvalue weighted by Gasteiger charge is -2.26. The molecule has 2 heteroatoms. The van der Waals surface area contributed by atoms with Crippen molar-refractivity contribution in [2.24, 2.45) is 0 Å². The van der Waals surface area contributed by atoms with Crippen molar-refractivity contribution >= 4 is 88.0 Å². The number of benzene rings is 12. The van der Waals surface area contributed by atoms with E-state index in [0.717, 1.165) is 34.1 Å². The van der Waals surface area contributed by atoms with E-state index in [0.29, 0.717) is 0 Å². The third-order valence-electron chi connectivity index (χ3n) is 12.8. The molecular formula is C62H42N2. The van der Waals surface area contributed by atoms with Crippen LogP contribution in [0.25, 0.3) is 76.1 Å². The summed E-state index contributed by atoms with van der Waals surface area (Å²) < 4.78 is 0. The van der Waals surface area contributed by atoms with Gasteiger partial charge in [-0.2, -0.15) is 0 Å². The molecule has 12 rings (SSSR count). The molecule has 0 spiro atoms. The van der Waals surface area contributed by atoms with Crippen molar-refractivity contribution in [3.8, 4) is 22.3 Å². The van der Waals surface area contributed by atoms with Crippen LogP contribution in [0.5, 0.6) is 0 Å². The van der Waals surface area contributed by atoms with E-state index < -0.39 is 0 Å². The topological polar surface area (TPSA) is 6.48 Å². The molecule has 2 nitrogen and oxygen atoms in total. The summed E-state index contributed by atoms with van der Waals surface area (Å²) in [6, 6.07) is 92.6. The van der Waals surface area contributed by atoms with Gasteiger partial charge in [-0.15, -0.1) is 0 Å². The summed E-state index contributed by atoms with van der Waals surface area (Å²) in [6.07, 6.45) is 0. The standard InChI is InChI=1S/C62H42N2/c1-3-17-51(18-4-1)63(55-35-27-43-13-7-9-15-47(43)39-55)53-31-23-45(24-32-53)49-29-37-59-60-38-30-50(42-62(60)58-22-12-11-21-57(58)61(59)41-49)46-25-33-54(34-26-46)64(52-19-5-2-6-20-52)56-36-28-44-14-8-10-16-48(44)40-56/h1-42H. The van der Waals surface area contributed by atoms with Crippen LogP contribution < -0.4 is 9.80 Å². The van der Waals surface area contributed by atoms with Gasteiger partial charge in [-0.05, 0) is 161 Å². The molecule has 0 radical (unpaired) electrons. The molecule has 0 saturated carbocycles. The molecule has 0 N–H and O–H groups in total. The lowest BCUT2D eigenvalue weighted by molar-refractivity contribution is 1.29. The van der Waals surface area contributed by atoms with E-state index in [9.17, 15) is 0 Å². The quantitative estimate of drug-likeness (QED) is 0.141. The van der Waals surface area contributed by atoms with Gasteiger partial charge in [-0.3, -0.25) is 0 Å². The molecule has 0 atom stereocenters. The first-order valence-electron chi connectivity index (χ1n) is 22.0. The molecule has 300 valence electrons. The van der Waals surface area contributed by atoms with Gasteiger partial charge in [0.25, 0.3) is 0 Å². The summed E-state index contributed by atoms with van der Waals surface area (Å²) in [7, 11) is 0. The van der Waals surface area contributed by atoms with Crippen LogP contribution in [0.15, 0.2) is 255 Å². The van der Waals surface area contributed by atoms with Crippen LogP contribution >= 0.6 is 0 Å². The van der Waals surface area contributed by atoms with Crippen molar-refractivity contribution in [3.05, 3.63) is 255 Å². The predicted molar refractivity (Wildman–Crippen MR) is 274 cm³/mol. The second-order valence-electron chi connectivity index (χ2n) is 16.6. The summed E-state index contributed by atoms with van der Waals surface area (Å²) in [5, 5.41) is 12.5. The Morgan fingerprint density at radius 1 is 0.172 bits per heavy atom. The van der Waals surface area contributed by atoms with Crippen LogP contribution in [-0.4, -0.2) is 0 Å². The maximum absolute atomic E-state index is 2.38. The predicted octanol–water partition coefficient (Wildman–Crippen LogP) is 17.7. The molecule has 0 amide bonds. The summed E-state index contributed by atoms with van der Waals surface area (Å²) in [5.41, 5.74) is 11.5. The van der Waals surface area contributed by atoms with Gasteiger partial charge < -0.3 is 9.80 Å².